The molecule has 0 aliphatic rings. The highest BCUT2D eigenvalue weighted by Gasteiger charge is 2.19. The second-order valence-corrected chi connectivity index (χ2v) is 11.0. The summed E-state index contributed by atoms with van der Waals surface area (Å²) in [5.41, 5.74) is 11.2. The van der Waals surface area contributed by atoms with Gasteiger partial charge in [0.25, 0.3) is 0 Å². The van der Waals surface area contributed by atoms with E-state index in [1.807, 2.05) is 0 Å². The molecule has 2 aromatic carbocycles. The lowest BCUT2D eigenvalue weighted by Gasteiger charge is -2.24. The third-order valence-corrected chi connectivity index (χ3v) is 6.73. The minimum atomic E-state index is 0.135. The van der Waals surface area contributed by atoms with Crippen molar-refractivity contribution >= 4 is 23.2 Å². The van der Waals surface area contributed by atoms with E-state index in [4.69, 9.17) is 23.2 Å². The lowest BCUT2D eigenvalue weighted by Crippen LogP contribution is -2.14. The van der Waals surface area contributed by atoms with Crippen LogP contribution in [0.25, 0.3) is 0 Å². The summed E-state index contributed by atoms with van der Waals surface area (Å²) in [5, 5.41) is 0. The molecule has 0 saturated carbocycles. The van der Waals surface area contributed by atoms with E-state index >= 15 is 0 Å². The first-order valence-electron chi connectivity index (χ1n) is 10.8. The Balaban J connectivity index is 2.28. The summed E-state index contributed by atoms with van der Waals surface area (Å²) < 4.78 is 0. The van der Waals surface area contributed by atoms with E-state index in [0.717, 1.165) is 19.3 Å². The molecule has 0 unspecified atom stereocenters. The van der Waals surface area contributed by atoms with Crippen LogP contribution in [0.5, 0.6) is 0 Å². The largest absolute Gasteiger partial charge is 0.122 e. The normalized spacial score (nSPS) is 12.5. The first-order chi connectivity index (χ1) is 13.4. The highest BCUT2D eigenvalue weighted by atomic mass is 35.5. The minimum Gasteiger partial charge on any atom is -0.122 e. The summed E-state index contributed by atoms with van der Waals surface area (Å²) >= 11 is 12.5. The molecule has 0 N–H and O–H groups in total. The Bertz CT molecular complexity index is 777. The van der Waals surface area contributed by atoms with Crippen LogP contribution >= 0.6 is 23.2 Å². The quantitative estimate of drug-likeness (QED) is 0.400. The second-order valence-electron chi connectivity index (χ2n) is 10.5. The number of hydrogen-bond acceptors (Lipinski definition) is 0. The molecule has 0 atom stereocenters. The Hall–Kier alpha value is -0.980. The lowest BCUT2D eigenvalue weighted by molar-refractivity contribution is 0.587. The number of hydrogen-bond donors (Lipinski definition) is 0. The molecule has 0 fully saturated rings. The lowest BCUT2D eigenvalue weighted by atomic mass is 9.82. The molecule has 160 valence electrons. The molecular weight excluding hydrogens is 395 g/mol. The smallest absolute Gasteiger partial charge is 0.0476 e. The summed E-state index contributed by atoms with van der Waals surface area (Å²) in [4.78, 5) is 0. The van der Waals surface area contributed by atoms with Crippen LogP contribution in [0.4, 0.5) is 0 Å². The molecule has 0 aromatic heterocycles. The van der Waals surface area contributed by atoms with Crippen molar-refractivity contribution in [2.45, 2.75) is 97.2 Å². The van der Waals surface area contributed by atoms with Gasteiger partial charge in [-0.2, -0.15) is 0 Å². The molecular formula is C27H38Cl2. The molecule has 0 aliphatic heterocycles. The molecule has 0 spiro atoms. The van der Waals surface area contributed by atoms with Gasteiger partial charge >= 0.3 is 0 Å². The summed E-state index contributed by atoms with van der Waals surface area (Å²) in [7, 11) is 0. The van der Waals surface area contributed by atoms with Gasteiger partial charge in [-0.25, -0.2) is 0 Å². The van der Waals surface area contributed by atoms with Crippen LogP contribution in [0.1, 0.15) is 92.5 Å². The maximum Gasteiger partial charge on any atom is 0.0476 e. The van der Waals surface area contributed by atoms with Crippen molar-refractivity contribution in [3.8, 4) is 0 Å². The van der Waals surface area contributed by atoms with Gasteiger partial charge < -0.3 is 0 Å². The van der Waals surface area contributed by atoms with Gasteiger partial charge in [-0.15, -0.1) is 23.2 Å². The molecule has 0 aliphatic carbocycles. The molecule has 29 heavy (non-hydrogen) atoms. The zero-order chi connectivity index (χ0) is 22.0. The molecule has 0 heterocycles. The second kappa shape index (κ2) is 9.44. The zero-order valence-electron chi connectivity index (χ0n) is 19.6. The number of benzene rings is 2. The number of alkyl halides is 2. The van der Waals surface area contributed by atoms with Gasteiger partial charge in [-0.05, 0) is 88.4 Å². The third-order valence-electron chi connectivity index (χ3n) is 6.16. The molecule has 2 rings (SSSR count). The van der Waals surface area contributed by atoms with Crippen molar-refractivity contribution in [2.24, 2.45) is 0 Å². The fourth-order valence-corrected chi connectivity index (χ4v) is 4.37. The first kappa shape index (κ1) is 24.3. The summed E-state index contributed by atoms with van der Waals surface area (Å²) in [6.45, 7) is 18.1. The van der Waals surface area contributed by atoms with Crippen molar-refractivity contribution in [3.63, 3.8) is 0 Å². The van der Waals surface area contributed by atoms with E-state index < -0.39 is 0 Å². The number of halogens is 2. The van der Waals surface area contributed by atoms with Gasteiger partial charge in [0.05, 0.1) is 0 Å². The average Bonchev–Trinajstić information content (AvgIpc) is 2.62. The number of rotatable bonds is 6. The van der Waals surface area contributed by atoms with Gasteiger partial charge in [-0.3, -0.25) is 0 Å². The summed E-state index contributed by atoms with van der Waals surface area (Å²) in [6.07, 6.45) is 3.29. The van der Waals surface area contributed by atoms with E-state index in [-0.39, 0.29) is 10.8 Å². The Morgan fingerprint density at radius 1 is 0.586 bits per heavy atom. The van der Waals surface area contributed by atoms with Crippen LogP contribution < -0.4 is 0 Å². The van der Waals surface area contributed by atoms with Crippen LogP contribution in [-0.4, -0.2) is 0 Å². The van der Waals surface area contributed by atoms with E-state index in [9.17, 15) is 0 Å². The third kappa shape index (κ3) is 6.02. The molecule has 2 heteroatoms. The highest BCUT2D eigenvalue weighted by Crippen LogP contribution is 2.31. The van der Waals surface area contributed by atoms with Gasteiger partial charge in [-0.1, -0.05) is 65.8 Å². The average molecular weight is 434 g/mol. The van der Waals surface area contributed by atoms with E-state index in [2.05, 4.69) is 79.7 Å². The molecule has 0 bridgehead atoms. The van der Waals surface area contributed by atoms with Gasteiger partial charge in [0.1, 0.15) is 0 Å². The van der Waals surface area contributed by atoms with Crippen molar-refractivity contribution < 1.29 is 0 Å². The Labute approximate surface area is 189 Å². The maximum atomic E-state index is 6.26. The summed E-state index contributed by atoms with van der Waals surface area (Å²) in [5.74, 6) is 1.16. The van der Waals surface area contributed by atoms with Gasteiger partial charge in [0.15, 0.2) is 0 Å². The predicted octanol–water partition coefficient (Wildman–Crippen LogP) is 8.55. The van der Waals surface area contributed by atoms with Crippen LogP contribution in [0, 0.1) is 13.8 Å². The first-order valence-corrected chi connectivity index (χ1v) is 11.8. The SMILES string of the molecule is Cc1c(CCl)cc(C(C)(C)C)cc1CCCc1cc(C(C)(C)C)cc(CCl)c1C. The minimum absolute atomic E-state index is 0.135. The van der Waals surface area contributed by atoms with E-state index in [1.165, 1.54) is 44.5 Å². The molecule has 2 aromatic rings. The van der Waals surface area contributed by atoms with Crippen molar-refractivity contribution in [1.82, 2.24) is 0 Å². The van der Waals surface area contributed by atoms with E-state index in [1.54, 1.807) is 0 Å². The maximum absolute atomic E-state index is 6.26. The Morgan fingerprint density at radius 2 is 0.897 bits per heavy atom. The molecule has 0 radical (unpaired) electrons. The highest BCUT2D eigenvalue weighted by molar-refractivity contribution is 6.17. The number of aryl methyl sites for hydroxylation is 2. The Morgan fingerprint density at radius 3 is 1.17 bits per heavy atom. The Kier molecular flexibility index (Phi) is 7.91. The predicted molar refractivity (Wildman–Crippen MR) is 131 cm³/mol. The van der Waals surface area contributed by atoms with Crippen molar-refractivity contribution in [1.29, 1.82) is 0 Å². The summed E-state index contributed by atoms with van der Waals surface area (Å²) in [6, 6.07) is 9.37. The molecule has 0 saturated heterocycles. The fourth-order valence-electron chi connectivity index (χ4n) is 3.81. The standard InChI is InChI=1S/C27H38Cl2/c1-18-20(12-24(26(3,4)5)14-22(18)16-28)10-9-11-21-13-25(27(6,7)8)15-23(17-29)19(21)2/h12-15H,9-11,16-17H2,1-8H3. The molecule has 0 amide bonds. The van der Waals surface area contributed by atoms with Gasteiger partial charge in [0, 0.05) is 11.8 Å². The van der Waals surface area contributed by atoms with Crippen LogP contribution in [0.15, 0.2) is 24.3 Å². The van der Waals surface area contributed by atoms with Gasteiger partial charge in [0.2, 0.25) is 0 Å². The van der Waals surface area contributed by atoms with E-state index in [0.29, 0.717) is 11.8 Å². The molecule has 0 nitrogen and oxygen atoms in total. The van der Waals surface area contributed by atoms with Crippen LogP contribution in [-0.2, 0) is 35.4 Å². The zero-order valence-corrected chi connectivity index (χ0v) is 21.1. The van der Waals surface area contributed by atoms with Crippen LogP contribution in [0.3, 0.4) is 0 Å². The monoisotopic (exact) mass is 432 g/mol. The van der Waals surface area contributed by atoms with Crippen LogP contribution in [0.2, 0.25) is 0 Å². The van der Waals surface area contributed by atoms with Crippen molar-refractivity contribution in [3.05, 3.63) is 68.8 Å². The van der Waals surface area contributed by atoms with Crippen molar-refractivity contribution in [2.75, 3.05) is 0 Å². The topological polar surface area (TPSA) is 0 Å². The fraction of sp³-hybridized carbons (Fsp3) is 0.556.